The lowest BCUT2D eigenvalue weighted by Crippen LogP contribution is -2.24. The van der Waals surface area contributed by atoms with Gasteiger partial charge in [0.1, 0.15) is 5.92 Å². The van der Waals surface area contributed by atoms with Gasteiger partial charge in [-0.15, -0.1) is 0 Å². The molecular weight excluding hydrogens is 242 g/mol. The van der Waals surface area contributed by atoms with E-state index in [0.29, 0.717) is 13.1 Å². The Labute approximate surface area is 111 Å². The van der Waals surface area contributed by atoms with Crippen LogP contribution in [0, 0.1) is 0 Å². The van der Waals surface area contributed by atoms with E-state index in [1.807, 2.05) is 43.6 Å². The number of hydrogen-bond acceptors (Lipinski definition) is 3. The first-order valence-corrected chi connectivity index (χ1v) is 6.20. The van der Waals surface area contributed by atoms with Crippen LogP contribution in [0.4, 0.5) is 5.69 Å². The molecule has 0 fully saturated rings. The number of fused-ring (bicyclic) bond motifs is 1. The first-order valence-electron chi connectivity index (χ1n) is 6.20. The summed E-state index contributed by atoms with van der Waals surface area (Å²) in [6, 6.07) is 9.65. The highest BCUT2D eigenvalue weighted by Gasteiger charge is 2.33. The van der Waals surface area contributed by atoms with Crippen molar-refractivity contribution in [1.29, 1.82) is 0 Å². The zero-order valence-corrected chi connectivity index (χ0v) is 10.7. The molecule has 1 aliphatic rings. The normalized spacial score (nSPS) is 17.5. The summed E-state index contributed by atoms with van der Waals surface area (Å²) in [5.74, 6) is -1.21. The summed E-state index contributed by atoms with van der Waals surface area (Å²) in [5, 5.41) is 13.6. The van der Waals surface area contributed by atoms with Crippen LogP contribution in [0.3, 0.4) is 0 Å². The van der Waals surface area contributed by atoms with Crippen LogP contribution < -0.4 is 4.90 Å². The van der Waals surface area contributed by atoms with E-state index < -0.39 is 11.9 Å². The zero-order chi connectivity index (χ0) is 13.4. The van der Waals surface area contributed by atoms with Gasteiger partial charge in [-0.05, 0) is 17.7 Å². The third kappa shape index (κ3) is 2.07. The van der Waals surface area contributed by atoms with Gasteiger partial charge in [0.2, 0.25) is 0 Å². The summed E-state index contributed by atoms with van der Waals surface area (Å²) in [5.41, 5.74) is 2.84. The van der Waals surface area contributed by atoms with Gasteiger partial charge in [0.25, 0.3) is 0 Å². The number of nitrogens with zero attached hydrogens (tertiary/aromatic N) is 3. The molecule has 2 aromatic rings. The molecule has 1 aromatic carbocycles. The summed E-state index contributed by atoms with van der Waals surface area (Å²) >= 11 is 0. The number of rotatable bonds is 3. The molecule has 0 spiro atoms. The first kappa shape index (κ1) is 11.8. The number of carboxylic acid groups (broad SMARTS) is 1. The molecule has 1 aliphatic heterocycles. The van der Waals surface area contributed by atoms with Crippen LogP contribution in [0.1, 0.15) is 17.2 Å². The predicted molar refractivity (Wildman–Crippen MR) is 71.1 cm³/mol. The second-order valence-electron chi connectivity index (χ2n) is 4.81. The Morgan fingerprint density at radius 3 is 2.89 bits per heavy atom. The van der Waals surface area contributed by atoms with Gasteiger partial charge in [-0.3, -0.25) is 9.48 Å². The van der Waals surface area contributed by atoms with Gasteiger partial charge >= 0.3 is 5.97 Å². The van der Waals surface area contributed by atoms with E-state index in [2.05, 4.69) is 10.00 Å². The van der Waals surface area contributed by atoms with Crippen molar-refractivity contribution in [3.63, 3.8) is 0 Å². The van der Waals surface area contributed by atoms with Crippen molar-refractivity contribution in [1.82, 2.24) is 9.78 Å². The van der Waals surface area contributed by atoms with Crippen molar-refractivity contribution in [2.45, 2.75) is 12.5 Å². The molecule has 0 bridgehead atoms. The Morgan fingerprint density at radius 1 is 1.42 bits per heavy atom. The minimum Gasteiger partial charge on any atom is -0.481 e. The minimum atomic E-state index is -0.768. The molecule has 1 atom stereocenters. The summed E-state index contributed by atoms with van der Waals surface area (Å²) in [6.07, 6.45) is 1.89. The average molecular weight is 257 g/mol. The third-order valence-corrected chi connectivity index (χ3v) is 3.48. The standard InChI is InChI=1S/C14H15N3O2/c1-16-7-6-10(15-16)8-17-9-12(14(18)19)11-4-2-3-5-13(11)17/h2-7,12H,8-9H2,1H3,(H,18,19). The van der Waals surface area contributed by atoms with E-state index in [-0.39, 0.29) is 0 Å². The number of benzene rings is 1. The zero-order valence-electron chi connectivity index (χ0n) is 10.7. The lowest BCUT2D eigenvalue weighted by molar-refractivity contribution is -0.138. The van der Waals surface area contributed by atoms with Gasteiger partial charge < -0.3 is 10.0 Å². The molecule has 1 aromatic heterocycles. The number of carboxylic acids is 1. The topological polar surface area (TPSA) is 58.4 Å². The van der Waals surface area contributed by atoms with Gasteiger partial charge in [-0.2, -0.15) is 5.10 Å². The molecule has 0 aliphatic carbocycles. The Hall–Kier alpha value is -2.30. The van der Waals surface area contributed by atoms with Crippen LogP contribution in [0.5, 0.6) is 0 Å². The molecule has 0 saturated heterocycles. The summed E-state index contributed by atoms with van der Waals surface area (Å²) in [7, 11) is 1.88. The first-order chi connectivity index (χ1) is 9.15. The van der Waals surface area contributed by atoms with Crippen molar-refractivity contribution in [2.24, 2.45) is 7.05 Å². The number of carbonyl (C=O) groups is 1. The third-order valence-electron chi connectivity index (χ3n) is 3.48. The van der Waals surface area contributed by atoms with E-state index in [1.165, 1.54) is 0 Å². The highest BCUT2D eigenvalue weighted by atomic mass is 16.4. The summed E-state index contributed by atoms with van der Waals surface area (Å²) in [6.45, 7) is 1.15. The monoisotopic (exact) mass is 257 g/mol. The van der Waals surface area contributed by atoms with Gasteiger partial charge in [0, 0.05) is 25.5 Å². The Balaban J connectivity index is 1.90. The van der Waals surface area contributed by atoms with Crippen LogP contribution >= 0.6 is 0 Å². The van der Waals surface area contributed by atoms with Crippen molar-refractivity contribution >= 4 is 11.7 Å². The molecular formula is C14H15N3O2. The average Bonchev–Trinajstić information content (AvgIpc) is 2.95. The fraction of sp³-hybridized carbons (Fsp3) is 0.286. The maximum Gasteiger partial charge on any atom is 0.312 e. The second-order valence-corrected chi connectivity index (χ2v) is 4.81. The SMILES string of the molecule is Cn1ccc(CN2CC(C(=O)O)c3ccccc32)n1. The summed E-state index contributed by atoms with van der Waals surface area (Å²) in [4.78, 5) is 13.4. The highest BCUT2D eigenvalue weighted by molar-refractivity contribution is 5.82. The van der Waals surface area contributed by atoms with Gasteiger partial charge in [0.05, 0.1) is 12.2 Å². The molecule has 1 N–H and O–H groups in total. The molecule has 3 rings (SSSR count). The van der Waals surface area contributed by atoms with E-state index in [0.717, 1.165) is 16.9 Å². The number of aryl methyl sites for hydroxylation is 1. The molecule has 5 heteroatoms. The molecule has 1 unspecified atom stereocenters. The Kier molecular flexibility index (Phi) is 2.74. The molecule has 98 valence electrons. The van der Waals surface area contributed by atoms with Gasteiger partial charge in [0.15, 0.2) is 0 Å². The van der Waals surface area contributed by atoms with Crippen LogP contribution in [0.15, 0.2) is 36.5 Å². The fourth-order valence-electron chi connectivity index (χ4n) is 2.59. The van der Waals surface area contributed by atoms with Crippen molar-refractivity contribution < 1.29 is 9.90 Å². The van der Waals surface area contributed by atoms with Crippen LogP contribution in [-0.2, 0) is 18.4 Å². The molecule has 0 saturated carbocycles. The van der Waals surface area contributed by atoms with Gasteiger partial charge in [-0.1, -0.05) is 18.2 Å². The minimum absolute atomic E-state index is 0.445. The molecule has 5 nitrogen and oxygen atoms in total. The van der Waals surface area contributed by atoms with Crippen molar-refractivity contribution in [2.75, 3.05) is 11.4 Å². The molecule has 0 amide bonds. The number of hydrogen-bond donors (Lipinski definition) is 1. The highest BCUT2D eigenvalue weighted by Crippen LogP contribution is 2.36. The Bertz CT molecular complexity index is 621. The smallest absolute Gasteiger partial charge is 0.312 e. The predicted octanol–water partition coefficient (Wildman–Crippen LogP) is 1.61. The van der Waals surface area contributed by atoms with Gasteiger partial charge in [-0.25, -0.2) is 0 Å². The van der Waals surface area contributed by atoms with E-state index in [4.69, 9.17) is 0 Å². The van der Waals surface area contributed by atoms with Crippen molar-refractivity contribution in [3.8, 4) is 0 Å². The number of aromatic nitrogens is 2. The number of aliphatic carboxylic acids is 1. The molecule has 0 radical (unpaired) electrons. The molecule has 2 heterocycles. The van der Waals surface area contributed by atoms with E-state index >= 15 is 0 Å². The quantitative estimate of drug-likeness (QED) is 0.907. The van der Waals surface area contributed by atoms with Crippen LogP contribution in [0.2, 0.25) is 0 Å². The maximum atomic E-state index is 11.3. The largest absolute Gasteiger partial charge is 0.481 e. The van der Waals surface area contributed by atoms with Crippen molar-refractivity contribution in [3.05, 3.63) is 47.8 Å². The maximum absolute atomic E-state index is 11.3. The summed E-state index contributed by atoms with van der Waals surface area (Å²) < 4.78 is 1.76. The van der Waals surface area contributed by atoms with Crippen LogP contribution in [0.25, 0.3) is 0 Å². The van der Waals surface area contributed by atoms with E-state index in [9.17, 15) is 9.90 Å². The second kappa shape index (κ2) is 4.42. The number of anilines is 1. The molecule has 19 heavy (non-hydrogen) atoms. The fourth-order valence-corrected chi connectivity index (χ4v) is 2.59. The lowest BCUT2D eigenvalue weighted by atomic mass is 10.0. The number of para-hydroxylation sites is 1. The lowest BCUT2D eigenvalue weighted by Gasteiger charge is -2.18. The Morgan fingerprint density at radius 2 is 2.21 bits per heavy atom. The van der Waals surface area contributed by atoms with Crippen LogP contribution in [-0.4, -0.2) is 27.4 Å². The van der Waals surface area contributed by atoms with E-state index in [1.54, 1.807) is 4.68 Å².